The van der Waals surface area contributed by atoms with Crippen LogP contribution in [0.25, 0.3) is 0 Å². The first-order valence-electron chi connectivity index (χ1n) is 6.47. The molecule has 104 valence electrons. The van der Waals surface area contributed by atoms with Crippen LogP contribution in [-0.4, -0.2) is 72.1 Å². The third-order valence-electron chi connectivity index (χ3n) is 3.17. The number of nitrogens with one attached hydrogen (secondary N) is 1. The van der Waals surface area contributed by atoms with Crippen molar-refractivity contribution in [1.82, 2.24) is 15.1 Å². The summed E-state index contributed by atoms with van der Waals surface area (Å²) >= 11 is 0. The summed E-state index contributed by atoms with van der Waals surface area (Å²) in [4.78, 5) is 26.6. The summed E-state index contributed by atoms with van der Waals surface area (Å²) in [5, 5.41) is 11.3. The van der Waals surface area contributed by atoms with Crippen molar-refractivity contribution in [2.75, 3.05) is 39.3 Å². The Kier molecular flexibility index (Phi) is 6.07. The molecule has 0 aromatic carbocycles. The third kappa shape index (κ3) is 5.46. The smallest absolute Gasteiger partial charge is 0.305 e. The number of amides is 1. The van der Waals surface area contributed by atoms with E-state index in [0.717, 1.165) is 32.7 Å². The van der Waals surface area contributed by atoms with E-state index in [1.165, 1.54) is 0 Å². The molecule has 1 unspecified atom stereocenters. The van der Waals surface area contributed by atoms with Gasteiger partial charge in [0.15, 0.2) is 0 Å². The zero-order valence-electron chi connectivity index (χ0n) is 11.2. The van der Waals surface area contributed by atoms with E-state index < -0.39 is 5.97 Å². The molecule has 6 nitrogen and oxygen atoms in total. The van der Waals surface area contributed by atoms with E-state index in [9.17, 15) is 9.59 Å². The normalized spacial score (nSPS) is 19.4. The van der Waals surface area contributed by atoms with Crippen LogP contribution in [-0.2, 0) is 9.59 Å². The van der Waals surface area contributed by atoms with Gasteiger partial charge in [-0.2, -0.15) is 0 Å². The highest BCUT2D eigenvalue weighted by Crippen LogP contribution is 2.00. The maximum atomic E-state index is 11.7. The number of likely N-dealkylation sites (N-methyl/N-ethyl adjacent to an activating group) is 1. The molecule has 1 aliphatic heterocycles. The number of piperazine rings is 1. The first kappa shape index (κ1) is 14.9. The van der Waals surface area contributed by atoms with Crippen molar-refractivity contribution in [3.8, 4) is 0 Å². The van der Waals surface area contributed by atoms with Gasteiger partial charge in [0.25, 0.3) is 0 Å². The molecule has 6 heteroatoms. The molecule has 1 saturated heterocycles. The van der Waals surface area contributed by atoms with Gasteiger partial charge in [0.1, 0.15) is 0 Å². The molecule has 0 aliphatic carbocycles. The molecule has 1 rings (SSSR count). The van der Waals surface area contributed by atoms with Crippen molar-refractivity contribution in [3.63, 3.8) is 0 Å². The van der Waals surface area contributed by atoms with Gasteiger partial charge in [-0.25, -0.2) is 0 Å². The Balaban J connectivity index is 2.22. The van der Waals surface area contributed by atoms with Crippen LogP contribution in [0.3, 0.4) is 0 Å². The van der Waals surface area contributed by atoms with Gasteiger partial charge in [-0.3, -0.25) is 14.5 Å². The van der Waals surface area contributed by atoms with Gasteiger partial charge in [0.05, 0.1) is 13.0 Å². The van der Waals surface area contributed by atoms with E-state index in [1.807, 2.05) is 0 Å². The zero-order chi connectivity index (χ0) is 13.5. The van der Waals surface area contributed by atoms with Crippen LogP contribution >= 0.6 is 0 Å². The first-order chi connectivity index (χ1) is 8.51. The lowest BCUT2D eigenvalue weighted by atomic mass is 10.2. The van der Waals surface area contributed by atoms with Crippen LogP contribution in [0.4, 0.5) is 0 Å². The number of carboxylic acids is 1. The fourth-order valence-corrected chi connectivity index (χ4v) is 2.10. The number of carboxylic acid groups (broad SMARTS) is 1. The van der Waals surface area contributed by atoms with E-state index in [1.54, 1.807) is 6.92 Å². The molecule has 1 fully saturated rings. The molecule has 2 N–H and O–H groups in total. The lowest BCUT2D eigenvalue weighted by molar-refractivity contribution is -0.137. The predicted molar refractivity (Wildman–Crippen MR) is 68.4 cm³/mol. The minimum Gasteiger partial charge on any atom is -0.481 e. The average molecular weight is 257 g/mol. The summed E-state index contributed by atoms with van der Waals surface area (Å²) in [7, 11) is 0. The Hall–Kier alpha value is -1.14. The van der Waals surface area contributed by atoms with E-state index in [0.29, 0.717) is 6.54 Å². The standard InChI is InChI=1S/C12H23N3O3/c1-3-14-4-6-15(7-5-14)9-11(16)13-10(2)8-12(17)18/h10H,3-9H2,1-2H3,(H,13,16)(H,17,18). The van der Waals surface area contributed by atoms with Crippen molar-refractivity contribution in [1.29, 1.82) is 0 Å². The SMILES string of the molecule is CCN1CCN(CC(=O)NC(C)CC(=O)O)CC1. The molecule has 0 radical (unpaired) electrons. The molecule has 0 spiro atoms. The van der Waals surface area contributed by atoms with Crippen LogP contribution in [0, 0.1) is 0 Å². The van der Waals surface area contributed by atoms with Crippen molar-refractivity contribution in [3.05, 3.63) is 0 Å². The highest BCUT2D eigenvalue weighted by atomic mass is 16.4. The average Bonchev–Trinajstić information content (AvgIpc) is 2.28. The number of aliphatic carboxylic acids is 1. The Morgan fingerprint density at radius 3 is 2.28 bits per heavy atom. The molecular weight excluding hydrogens is 234 g/mol. The monoisotopic (exact) mass is 257 g/mol. The largest absolute Gasteiger partial charge is 0.481 e. The summed E-state index contributed by atoms with van der Waals surface area (Å²) < 4.78 is 0. The van der Waals surface area contributed by atoms with Crippen molar-refractivity contribution >= 4 is 11.9 Å². The number of nitrogens with zero attached hydrogens (tertiary/aromatic N) is 2. The van der Waals surface area contributed by atoms with E-state index in [4.69, 9.17) is 5.11 Å². The molecule has 18 heavy (non-hydrogen) atoms. The summed E-state index contributed by atoms with van der Waals surface area (Å²) in [6, 6.07) is -0.313. The molecule has 0 aromatic rings. The van der Waals surface area contributed by atoms with Crippen LogP contribution in [0.15, 0.2) is 0 Å². The summed E-state index contributed by atoms with van der Waals surface area (Å²) in [6.07, 6.45) is -0.0324. The number of hydrogen-bond acceptors (Lipinski definition) is 4. The number of carbonyl (C=O) groups is 2. The minimum absolute atomic E-state index is 0.0324. The second-order valence-electron chi connectivity index (χ2n) is 4.78. The van der Waals surface area contributed by atoms with Gasteiger partial charge < -0.3 is 15.3 Å². The lowest BCUT2D eigenvalue weighted by Gasteiger charge is -2.33. The molecular formula is C12H23N3O3. The van der Waals surface area contributed by atoms with Crippen LogP contribution in [0.2, 0.25) is 0 Å². The number of hydrogen-bond donors (Lipinski definition) is 2. The lowest BCUT2D eigenvalue weighted by Crippen LogP contribution is -2.50. The first-order valence-corrected chi connectivity index (χ1v) is 6.47. The second kappa shape index (κ2) is 7.33. The highest BCUT2D eigenvalue weighted by molar-refractivity contribution is 5.79. The van der Waals surface area contributed by atoms with E-state index in [-0.39, 0.29) is 18.4 Å². The van der Waals surface area contributed by atoms with Gasteiger partial charge in [-0.15, -0.1) is 0 Å². The molecule has 0 aromatic heterocycles. The maximum Gasteiger partial charge on any atom is 0.305 e. The molecule has 1 heterocycles. The molecule has 1 atom stereocenters. The topological polar surface area (TPSA) is 72.9 Å². The second-order valence-corrected chi connectivity index (χ2v) is 4.78. The fourth-order valence-electron chi connectivity index (χ4n) is 2.10. The van der Waals surface area contributed by atoms with E-state index >= 15 is 0 Å². The molecule has 1 amide bonds. The summed E-state index contributed by atoms with van der Waals surface area (Å²) in [5.41, 5.74) is 0. The van der Waals surface area contributed by atoms with Gasteiger partial charge in [-0.05, 0) is 13.5 Å². The van der Waals surface area contributed by atoms with E-state index in [2.05, 4.69) is 22.0 Å². The Morgan fingerprint density at radius 2 is 1.78 bits per heavy atom. The summed E-state index contributed by atoms with van der Waals surface area (Å²) in [5.74, 6) is -0.979. The fraction of sp³-hybridized carbons (Fsp3) is 0.833. The Morgan fingerprint density at radius 1 is 1.22 bits per heavy atom. The Labute approximate surface area is 108 Å². The van der Waals surface area contributed by atoms with Crippen molar-refractivity contribution in [2.45, 2.75) is 26.3 Å². The van der Waals surface area contributed by atoms with Crippen molar-refractivity contribution in [2.24, 2.45) is 0 Å². The van der Waals surface area contributed by atoms with Crippen LogP contribution in [0.5, 0.6) is 0 Å². The van der Waals surface area contributed by atoms with Crippen LogP contribution in [0.1, 0.15) is 20.3 Å². The van der Waals surface area contributed by atoms with Crippen LogP contribution < -0.4 is 5.32 Å². The highest BCUT2D eigenvalue weighted by Gasteiger charge is 2.18. The van der Waals surface area contributed by atoms with Gasteiger partial charge in [0.2, 0.25) is 5.91 Å². The van der Waals surface area contributed by atoms with Gasteiger partial charge in [-0.1, -0.05) is 6.92 Å². The molecule has 1 aliphatic rings. The zero-order valence-corrected chi connectivity index (χ0v) is 11.2. The predicted octanol–water partition coefficient (Wildman–Crippen LogP) is -0.397. The Bertz CT molecular complexity index is 288. The maximum absolute atomic E-state index is 11.7. The minimum atomic E-state index is -0.889. The summed E-state index contributed by atoms with van der Waals surface area (Å²) in [6.45, 7) is 9.04. The third-order valence-corrected chi connectivity index (χ3v) is 3.17. The quantitative estimate of drug-likeness (QED) is 0.677. The molecule has 0 bridgehead atoms. The van der Waals surface area contributed by atoms with Gasteiger partial charge in [0, 0.05) is 32.2 Å². The number of carbonyl (C=O) groups excluding carboxylic acids is 1. The van der Waals surface area contributed by atoms with Gasteiger partial charge >= 0.3 is 5.97 Å². The molecule has 0 saturated carbocycles. The number of rotatable bonds is 6. The van der Waals surface area contributed by atoms with Crippen molar-refractivity contribution < 1.29 is 14.7 Å².